The van der Waals surface area contributed by atoms with Crippen LogP contribution in [0.25, 0.3) is 0 Å². The number of hydrogen-bond donors (Lipinski definition) is 1. The number of carbonyl (C=O) groups excluding carboxylic acids is 3. The van der Waals surface area contributed by atoms with Crippen LogP contribution in [-0.2, 0) is 26.2 Å². The Bertz CT molecular complexity index is 1240. The molecule has 1 aliphatic carbocycles. The molecule has 1 N–H and O–H groups in total. The van der Waals surface area contributed by atoms with Gasteiger partial charge in [0.1, 0.15) is 12.6 Å². The average molecular weight is 528 g/mol. The summed E-state index contributed by atoms with van der Waals surface area (Å²) >= 11 is 0. The van der Waals surface area contributed by atoms with E-state index in [0.29, 0.717) is 12.0 Å². The molecule has 2 amide bonds. The molecule has 0 spiro atoms. The summed E-state index contributed by atoms with van der Waals surface area (Å²) in [6.45, 7) is 4.88. The van der Waals surface area contributed by atoms with Crippen molar-refractivity contribution in [2.24, 2.45) is 0 Å². The van der Waals surface area contributed by atoms with Crippen LogP contribution >= 0.6 is 0 Å². The van der Waals surface area contributed by atoms with Crippen molar-refractivity contribution in [3.05, 3.63) is 65.2 Å². The number of ketones is 1. The zero-order chi connectivity index (χ0) is 27.2. The zero-order valence-electron chi connectivity index (χ0n) is 22.1. The van der Waals surface area contributed by atoms with Crippen LogP contribution in [0.1, 0.15) is 67.4 Å². The lowest BCUT2D eigenvalue weighted by atomic mass is 10.1. The lowest BCUT2D eigenvalue weighted by Gasteiger charge is -2.33. The first-order valence-corrected chi connectivity index (χ1v) is 14.6. The van der Waals surface area contributed by atoms with Gasteiger partial charge in [0.25, 0.3) is 0 Å². The number of nitrogens with zero attached hydrogens (tertiary/aromatic N) is 2. The van der Waals surface area contributed by atoms with Gasteiger partial charge in [0.2, 0.25) is 21.8 Å². The van der Waals surface area contributed by atoms with Crippen molar-refractivity contribution in [1.82, 2.24) is 10.2 Å². The number of carbonyl (C=O) groups is 3. The highest BCUT2D eigenvalue weighted by Gasteiger charge is 2.33. The fourth-order valence-electron chi connectivity index (χ4n) is 4.79. The SMILES string of the molecule is CC[C@@H](C(=O)NC1CCCC1)N(Cc1cccc(C)c1)C(=O)CN(c1cccc(C(C)=O)c1)S(C)(=O)=O. The van der Waals surface area contributed by atoms with Gasteiger partial charge in [-0.2, -0.15) is 0 Å². The van der Waals surface area contributed by atoms with Crippen molar-refractivity contribution in [1.29, 1.82) is 0 Å². The maximum absolute atomic E-state index is 13.8. The van der Waals surface area contributed by atoms with Crippen LogP contribution in [0, 0.1) is 6.92 Å². The van der Waals surface area contributed by atoms with Crippen LogP contribution in [0.3, 0.4) is 0 Å². The normalized spacial score (nSPS) is 14.7. The third kappa shape index (κ3) is 7.64. The molecule has 0 heterocycles. The minimum Gasteiger partial charge on any atom is -0.352 e. The Kier molecular flexibility index (Phi) is 9.48. The van der Waals surface area contributed by atoms with Crippen LogP contribution in [0.4, 0.5) is 5.69 Å². The number of anilines is 1. The molecular weight excluding hydrogens is 490 g/mol. The number of rotatable bonds is 11. The number of amides is 2. The molecule has 37 heavy (non-hydrogen) atoms. The first-order chi connectivity index (χ1) is 17.5. The van der Waals surface area contributed by atoms with Crippen LogP contribution in [0.15, 0.2) is 48.5 Å². The summed E-state index contributed by atoms with van der Waals surface area (Å²) in [5, 5.41) is 3.10. The molecule has 3 rings (SSSR count). The molecule has 2 aromatic carbocycles. The Morgan fingerprint density at radius 3 is 2.32 bits per heavy atom. The molecule has 200 valence electrons. The highest BCUT2D eigenvalue weighted by Crippen LogP contribution is 2.22. The fourth-order valence-corrected chi connectivity index (χ4v) is 5.63. The largest absolute Gasteiger partial charge is 0.352 e. The van der Waals surface area contributed by atoms with E-state index in [1.54, 1.807) is 18.2 Å². The predicted octanol–water partition coefficient (Wildman–Crippen LogP) is 3.83. The van der Waals surface area contributed by atoms with E-state index in [-0.39, 0.29) is 30.0 Å². The molecular formula is C28H37N3O5S. The quantitative estimate of drug-likeness (QED) is 0.448. The lowest BCUT2D eigenvalue weighted by molar-refractivity contribution is -0.140. The van der Waals surface area contributed by atoms with Crippen molar-refractivity contribution in [2.45, 2.75) is 71.5 Å². The second-order valence-electron chi connectivity index (χ2n) is 9.80. The van der Waals surface area contributed by atoms with E-state index in [0.717, 1.165) is 47.4 Å². The number of Topliss-reactive ketones (excluding diaryl/α,β-unsaturated/α-hetero) is 1. The third-order valence-corrected chi connectivity index (χ3v) is 7.88. The Morgan fingerprint density at radius 2 is 1.73 bits per heavy atom. The number of nitrogens with one attached hydrogen (secondary N) is 1. The molecule has 1 atom stereocenters. The van der Waals surface area contributed by atoms with E-state index >= 15 is 0 Å². The van der Waals surface area contributed by atoms with Gasteiger partial charge in [0, 0.05) is 18.2 Å². The van der Waals surface area contributed by atoms with Gasteiger partial charge in [-0.25, -0.2) is 8.42 Å². The van der Waals surface area contributed by atoms with Gasteiger partial charge in [-0.1, -0.05) is 61.7 Å². The van der Waals surface area contributed by atoms with Crippen LogP contribution in [0.5, 0.6) is 0 Å². The predicted molar refractivity (Wildman–Crippen MR) is 145 cm³/mol. The standard InChI is InChI=1S/C28H37N3O5S/c1-5-26(28(34)29-24-13-6-7-14-24)30(18-22-11-8-10-20(2)16-22)27(33)19-31(37(4,35)36)25-15-9-12-23(17-25)21(3)32/h8-12,15-17,24,26H,5-7,13-14,18-19H2,1-4H3,(H,29,34)/t26-/m0/s1. The maximum atomic E-state index is 13.8. The second-order valence-corrected chi connectivity index (χ2v) is 11.7. The van der Waals surface area contributed by atoms with E-state index in [4.69, 9.17) is 0 Å². The minimum absolute atomic E-state index is 0.0966. The van der Waals surface area contributed by atoms with Crippen molar-refractivity contribution < 1.29 is 22.8 Å². The van der Waals surface area contributed by atoms with Gasteiger partial charge in [-0.15, -0.1) is 0 Å². The van der Waals surface area contributed by atoms with E-state index in [1.807, 2.05) is 38.1 Å². The molecule has 0 radical (unpaired) electrons. The molecule has 1 aliphatic rings. The number of benzene rings is 2. The van der Waals surface area contributed by atoms with Gasteiger partial charge in [0.05, 0.1) is 11.9 Å². The van der Waals surface area contributed by atoms with Gasteiger partial charge in [0.15, 0.2) is 5.78 Å². The summed E-state index contributed by atoms with van der Waals surface area (Å²) in [4.78, 5) is 40.5. The van der Waals surface area contributed by atoms with Crippen molar-refractivity contribution >= 4 is 33.3 Å². The second kappa shape index (κ2) is 12.4. The smallest absolute Gasteiger partial charge is 0.244 e. The zero-order valence-corrected chi connectivity index (χ0v) is 22.9. The summed E-state index contributed by atoms with van der Waals surface area (Å²) in [5.41, 5.74) is 2.44. The van der Waals surface area contributed by atoms with E-state index < -0.39 is 28.5 Å². The first kappa shape index (κ1) is 28.4. The van der Waals surface area contributed by atoms with Crippen molar-refractivity contribution in [2.75, 3.05) is 17.1 Å². The molecule has 0 unspecified atom stereocenters. The number of sulfonamides is 1. The van der Waals surface area contributed by atoms with Crippen molar-refractivity contribution in [3.8, 4) is 0 Å². The van der Waals surface area contributed by atoms with Crippen molar-refractivity contribution in [3.63, 3.8) is 0 Å². The van der Waals surface area contributed by atoms with Gasteiger partial charge < -0.3 is 10.2 Å². The fraction of sp³-hybridized carbons (Fsp3) is 0.464. The third-order valence-electron chi connectivity index (χ3n) is 6.74. The van der Waals surface area contributed by atoms with E-state index in [1.165, 1.54) is 17.9 Å². The topological polar surface area (TPSA) is 104 Å². The monoisotopic (exact) mass is 527 g/mol. The molecule has 0 saturated heterocycles. The van der Waals surface area contributed by atoms with Gasteiger partial charge in [-0.05, 0) is 50.8 Å². The lowest BCUT2D eigenvalue weighted by Crippen LogP contribution is -2.53. The molecule has 0 aliphatic heterocycles. The average Bonchev–Trinajstić information content (AvgIpc) is 3.34. The summed E-state index contributed by atoms with van der Waals surface area (Å²) in [5.74, 6) is -0.925. The maximum Gasteiger partial charge on any atom is 0.244 e. The molecule has 9 heteroatoms. The Balaban J connectivity index is 1.95. The molecule has 1 saturated carbocycles. The Labute approximate surface area is 220 Å². The Morgan fingerprint density at radius 1 is 1.05 bits per heavy atom. The van der Waals surface area contributed by atoms with Crippen LogP contribution in [0.2, 0.25) is 0 Å². The molecule has 0 aromatic heterocycles. The molecule has 8 nitrogen and oxygen atoms in total. The molecule has 0 bridgehead atoms. The van der Waals surface area contributed by atoms with E-state index in [9.17, 15) is 22.8 Å². The molecule has 2 aromatic rings. The van der Waals surface area contributed by atoms with Gasteiger partial charge in [-0.3, -0.25) is 18.7 Å². The molecule has 1 fully saturated rings. The summed E-state index contributed by atoms with van der Waals surface area (Å²) in [7, 11) is -3.87. The summed E-state index contributed by atoms with van der Waals surface area (Å²) < 4.78 is 26.5. The summed E-state index contributed by atoms with van der Waals surface area (Å²) in [6.07, 6.45) is 5.38. The Hall–Kier alpha value is -3.20. The van der Waals surface area contributed by atoms with Crippen LogP contribution < -0.4 is 9.62 Å². The highest BCUT2D eigenvalue weighted by molar-refractivity contribution is 7.92. The van der Waals surface area contributed by atoms with Crippen LogP contribution in [-0.4, -0.2) is 55.8 Å². The number of aryl methyl sites for hydroxylation is 1. The number of hydrogen-bond acceptors (Lipinski definition) is 5. The first-order valence-electron chi connectivity index (χ1n) is 12.7. The van der Waals surface area contributed by atoms with Gasteiger partial charge >= 0.3 is 0 Å². The minimum atomic E-state index is -3.87. The van der Waals surface area contributed by atoms with E-state index in [2.05, 4.69) is 5.32 Å². The summed E-state index contributed by atoms with van der Waals surface area (Å²) in [6, 6.07) is 13.2. The highest BCUT2D eigenvalue weighted by atomic mass is 32.2.